The van der Waals surface area contributed by atoms with Crippen LogP contribution < -0.4 is 0 Å². The highest BCUT2D eigenvalue weighted by Crippen LogP contribution is 2.24. The van der Waals surface area contributed by atoms with Crippen LogP contribution in [0.3, 0.4) is 0 Å². The molecular weight excluding hydrogens is 391 g/mol. The third kappa shape index (κ3) is 5.09. The lowest BCUT2D eigenvalue weighted by molar-refractivity contribution is 0.636. The van der Waals surface area contributed by atoms with Crippen molar-refractivity contribution in [3.63, 3.8) is 0 Å². The molecule has 0 unspecified atom stereocenters. The van der Waals surface area contributed by atoms with Crippen LogP contribution in [0.5, 0.6) is 0 Å². The van der Waals surface area contributed by atoms with E-state index in [1.54, 1.807) is 6.07 Å². The molecule has 0 aliphatic carbocycles. The van der Waals surface area contributed by atoms with Gasteiger partial charge in [0.1, 0.15) is 5.82 Å². The summed E-state index contributed by atoms with van der Waals surface area (Å²) < 4.78 is 15.0. The first-order valence-corrected chi connectivity index (χ1v) is 11.6. The quantitative estimate of drug-likeness (QED) is 0.275. The Bertz CT molecular complexity index is 1250. The van der Waals surface area contributed by atoms with E-state index in [4.69, 9.17) is 0 Å². The lowest BCUT2D eigenvalue weighted by Crippen LogP contribution is -1.89. The van der Waals surface area contributed by atoms with Gasteiger partial charge < -0.3 is 0 Å². The Morgan fingerprint density at radius 3 is 2.03 bits per heavy atom. The van der Waals surface area contributed by atoms with Crippen molar-refractivity contribution in [2.75, 3.05) is 0 Å². The van der Waals surface area contributed by atoms with Crippen molar-refractivity contribution < 1.29 is 4.39 Å². The number of unbranched alkanes of at least 4 members (excludes halogenated alkanes) is 1. The van der Waals surface area contributed by atoms with Gasteiger partial charge in [0.25, 0.3) is 0 Å². The second-order valence-electron chi connectivity index (χ2n) is 8.36. The van der Waals surface area contributed by atoms with Crippen molar-refractivity contribution in [2.45, 2.75) is 46.0 Å². The van der Waals surface area contributed by atoms with Gasteiger partial charge >= 0.3 is 0 Å². The van der Waals surface area contributed by atoms with Gasteiger partial charge in [-0.1, -0.05) is 99.2 Å². The Labute approximate surface area is 191 Å². The van der Waals surface area contributed by atoms with Crippen LogP contribution in [0, 0.1) is 17.7 Å². The average Bonchev–Trinajstić information content (AvgIpc) is 2.83. The molecule has 0 atom stereocenters. The minimum Gasteiger partial charge on any atom is -0.205 e. The molecule has 4 aromatic rings. The van der Waals surface area contributed by atoms with Crippen LogP contribution in [0.25, 0.3) is 21.9 Å². The number of rotatable bonds is 6. The number of halogens is 1. The molecule has 0 N–H and O–H groups in total. The van der Waals surface area contributed by atoms with Gasteiger partial charge in [-0.05, 0) is 65.1 Å². The Morgan fingerprint density at radius 2 is 1.34 bits per heavy atom. The van der Waals surface area contributed by atoms with Gasteiger partial charge in [-0.3, -0.25) is 0 Å². The second-order valence-corrected chi connectivity index (χ2v) is 8.36. The molecule has 1 heteroatoms. The molecule has 0 saturated carbocycles. The van der Waals surface area contributed by atoms with E-state index in [2.05, 4.69) is 68.2 Å². The molecule has 160 valence electrons. The van der Waals surface area contributed by atoms with Gasteiger partial charge in [0, 0.05) is 10.9 Å². The van der Waals surface area contributed by atoms with E-state index < -0.39 is 0 Å². The van der Waals surface area contributed by atoms with Gasteiger partial charge in [-0.25, -0.2) is 4.39 Å². The zero-order valence-electron chi connectivity index (χ0n) is 18.9. The second kappa shape index (κ2) is 10.3. The zero-order valence-corrected chi connectivity index (χ0v) is 18.9. The van der Waals surface area contributed by atoms with Crippen molar-refractivity contribution >= 4 is 10.8 Å². The smallest absolute Gasteiger partial charge is 0.146 e. The predicted molar refractivity (Wildman–Crippen MR) is 134 cm³/mol. The predicted octanol–water partition coefficient (Wildman–Crippen LogP) is 8.34. The van der Waals surface area contributed by atoms with Gasteiger partial charge in [-0.15, -0.1) is 0 Å². The molecule has 0 amide bonds. The first-order valence-electron chi connectivity index (χ1n) is 11.6. The van der Waals surface area contributed by atoms with Gasteiger partial charge in [-0.2, -0.15) is 0 Å². The molecule has 0 heterocycles. The molecule has 0 aliphatic rings. The van der Waals surface area contributed by atoms with Crippen LogP contribution in [-0.2, 0) is 12.8 Å². The summed E-state index contributed by atoms with van der Waals surface area (Å²) in [6.07, 6.45) is 5.67. The standard InChI is InChI=1S/C31H29F/c1-3-5-7-23-8-14-26(15-9-23)27-16-10-24(11-17-27)12-18-28-19-20-29-22-25(6-4-2)13-21-30(29)31(28)32/h8-11,13-17,19-22H,3-7H2,1-2H3. The van der Waals surface area contributed by atoms with Gasteiger partial charge in [0.05, 0.1) is 5.56 Å². The van der Waals surface area contributed by atoms with E-state index in [-0.39, 0.29) is 5.82 Å². The highest BCUT2D eigenvalue weighted by molar-refractivity contribution is 5.85. The molecule has 0 aromatic heterocycles. The molecule has 0 saturated heterocycles. The maximum atomic E-state index is 15.0. The van der Waals surface area contributed by atoms with Gasteiger partial charge in [0.2, 0.25) is 0 Å². The van der Waals surface area contributed by atoms with E-state index in [1.165, 1.54) is 29.5 Å². The number of benzene rings is 4. The first kappa shape index (κ1) is 21.8. The van der Waals surface area contributed by atoms with Crippen molar-refractivity contribution in [3.05, 3.63) is 107 Å². The maximum Gasteiger partial charge on any atom is 0.146 e. The maximum absolute atomic E-state index is 15.0. The Kier molecular flexibility index (Phi) is 7.03. The third-order valence-electron chi connectivity index (χ3n) is 5.89. The fourth-order valence-electron chi connectivity index (χ4n) is 4.01. The summed E-state index contributed by atoms with van der Waals surface area (Å²) in [6.45, 7) is 4.37. The summed E-state index contributed by atoms with van der Waals surface area (Å²) >= 11 is 0. The van der Waals surface area contributed by atoms with Crippen molar-refractivity contribution in [3.8, 4) is 23.0 Å². The molecule has 4 rings (SSSR count). The summed E-state index contributed by atoms with van der Waals surface area (Å²) in [6, 6.07) is 26.7. The molecular formula is C31H29F. The highest BCUT2D eigenvalue weighted by Gasteiger charge is 2.06. The minimum atomic E-state index is -0.238. The first-order chi connectivity index (χ1) is 15.7. The summed E-state index contributed by atoms with van der Waals surface area (Å²) in [7, 11) is 0. The summed E-state index contributed by atoms with van der Waals surface area (Å²) in [4.78, 5) is 0. The molecule has 0 aliphatic heterocycles. The van der Waals surface area contributed by atoms with Crippen LogP contribution in [0.4, 0.5) is 4.39 Å². The lowest BCUT2D eigenvalue weighted by Gasteiger charge is -2.05. The Balaban J connectivity index is 1.52. The van der Waals surface area contributed by atoms with Crippen molar-refractivity contribution in [2.24, 2.45) is 0 Å². The highest BCUT2D eigenvalue weighted by atomic mass is 19.1. The SMILES string of the molecule is CCCCc1ccc(-c2ccc(C#Cc3ccc4cc(CCC)ccc4c3F)cc2)cc1. The van der Waals surface area contributed by atoms with Crippen LogP contribution in [0.15, 0.2) is 78.9 Å². The number of hydrogen-bond acceptors (Lipinski definition) is 0. The monoisotopic (exact) mass is 420 g/mol. The molecule has 0 spiro atoms. The van der Waals surface area contributed by atoms with E-state index in [0.29, 0.717) is 10.9 Å². The minimum absolute atomic E-state index is 0.238. The zero-order chi connectivity index (χ0) is 22.3. The van der Waals surface area contributed by atoms with Gasteiger partial charge in [0.15, 0.2) is 0 Å². The van der Waals surface area contributed by atoms with Crippen molar-refractivity contribution in [1.29, 1.82) is 0 Å². The fraction of sp³-hybridized carbons (Fsp3) is 0.226. The largest absolute Gasteiger partial charge is 0.205 e. The molecule has 0 fully saturated rings. The number of fused-ring (bicyclic) bond motifs is 1. The molecule has 0 nitrogen and oxygen atoms in total. The normalized spacial score (nSPS) is 10.7. The van der Waals surface area contributed by atoms with Crippen LogP contribution in [0.2, 0.25) is 0 Å². The number of hydrogen-bond donors (Lipinski definition) is 0. The summed E-state index contributed by atoms with van der Waals surface area (Å²) in [5.74, 6) is 5.90. The van der Waals surface area contributed by atoms with E-state index in [9.17, 15) is 4.39 Å². The topological polar surface area (TPSA) is 0 Å². The average molecular weight is 421 g/mol. The molecule has 0 radical (unpaired) electrons. The fourth-order valence-corrected chi connectivity index (χ4v) is 4.01. The Hall–Kier alpha value is -3.37. The van der Waals surface area contributed by atoms with Crippen LogP contribution >= 0.6 is 0 Å². The summed E-state index contributed by atoms with van der Waals surface area (Å²) in [5.41, 5.74) is 6.31. The van der Waals surface area contributed by atoms with E-state index >= 15 is 0 Å². The van der Waals surface area contributed by atoms with Crippen LogP contribution in [0.1, 0.15) is 55.4 Å². The lowest BCUT2D eigenvalue weighted by atomic mass is 10.0. The Morgan fingerprint density at radius 1 is 0.656 bits per heavy atom. The molecule has 32 heavy (non-hydrogen) atoms. The third-order valence-corrected chi connectivity index (χ3v) is 5.89. The summed E-state index contributed by atoms with van der Waals surface area (Å²) in [5, 5.41) is 1.57. The van der Waals surface area contributed by atoms with Crippen molar-refractivity contribution in [1.82, 2.24) is 0 Å². The molecule has 0 bridgehead atoms. The molecule has 4 aromatic carbocycles. The van der Waals surface area contributed by atoms with E-state index in [0.717, 1.165) is 35.8 Å². The van der Waals surface area contributed by atoms with Crippen LogP contribution in [-0.4, -0.2) is 0 Å². The van der Waals surface area contributed by atoms with E-state index in [1.807, 2.05) is 30.3 Å². The number of aryl methyl sites for hydroxylation is 2.